The number of aliphatic hydroxyl groups excluding tert-OH is 1. The molecule has 0 bridgehead atoms. The van der Waals surface area contributed by atoms with Crippen LogP contribution < -0.4 is 0 Å². The lowest BCUT2D eigenvalue weighted by atomic mass is 10.0. The van der Waals surface area contributed by atoms with Gasteiger partial charge in [0, 0.05) is 11.9 Å². The molecule has 2 heterocycles. The second kappa shape index (κ2) is 4.53. The van der Waals surface area contributed by atoms with Crippen molar-refractivity contribution in [2.45, 2.75) is 38.7 Å². The van der Waals surface area contributed by atoms with Crippen LogP contribution in [0.3, 0.4) is 0 Å². The van der Waals surface area contributed by atoms with E-state index in [9.17, 15) is 5.11 Å². The van der Waals surface area contributed by atoms with Crippen LogP contribution in [0.15, 0.2) is 24.7 Å². The summed E-state index contributed by atoms with van der Waals surface area (Å²) in [5.41, 5.74) is 3.36. The Labute approximate surface area is 106 Å². The van der Waals surface area contributed by atoms with Gasteiger partial charge in [-0.1, -0.05) is 0 Å². The van der Waals surface area contributed by atoms with Crippen molar-refractivity contribution < 1.29 is 5.11 Å². The normalized spacial score (nSPS) is 16.3. The molecule has 1 N–H and O–H groups in total. The molecular weight excluding hydrogens is 226 g/mol. The first kappa shape index (κ1) is 11.4. The topological polar surface area (TPSA) is 50.9 Å². The number of hydrogen-bond donors (Lipinski definition) is 1. The first-order valence-corrected chi connectivity index (χ1v) is 6.45. The summed E-state index contributed by atoms with van der Waals surface area (Å²) in [5.74, 6) is 0.851. The van der Waals surface area contributed by atoms with Crippen molar-refractivity contribution in [1.29, 1.82) is 0 Å². The fourth-order valence-electron chi connectivity index (χ4n) is 2.49. The van der Waals surface area contributed by atoms with E-state index in [0.717, 1.165) is 24.2 Å². The van der Waals surface area contributed by atoms with Gasteiger partial charge in [0.05, 0.1) is 11.8 Å². The second-order valence-electron chi connectivity index (χ2n) is 4.84. The van der Waals surface area contributed by atoms with Crippen LogP contribution in [0.1, 0.15) is 42.8 Å². The van der Waals surface area contributed by atoms with E-state index in [1.165, 1.54) is 24.2 Å². The standard InChI is InChI=1S/C14H17N3O/c1-10(18)11-6-7-15-14(8-11)17-9-16-12-4-2-3-5-13(12)17/h6-10,18H,2-5H2,1H3/t10-/m0/s1. The monoisotopic (exact) mass is 243 g/mol. The molecule has 0 saturated carbocycles. The van der Waals surface area contributed by atoms with Gasteiger partial charge in [0.1, 0.15) is 12.1 Å². The fraction of sp³-hybridized carbons (Fsp3) is 0.429. The molecule has 2 aromatic heterocycles. The Morgan fingerprint density at radius 2 is 2.11 bits per heavy atom. The van der Waals surface area contributed by atoms with Crippen LogP contribution in [0.4, 0.5) is 0 Å². The average Bonchev–Trinajstić information content (AvgIpc) is 2.82. The molecule has 0 spiro atoms. The smallest absolute Gasteiger partial charge is 0.138 e. The first-order valence-electron chi connectivity index (χ1n) is 6.45. The van der Waals surface area contributed by atoms with Crippen LogP contribution in [0.2, 0.25) is 0 Å². The Hall–Kier alpha value is -1.68. The van der Waals surface area contributed by atoms with Crippen molar-refractivity contribution >= 4 is 0 Å². The Morgan fingerprint density at radius 1 is 1.28 bits per heavy atom. The highest BCUT2D eigenvalue weighted by atomic mass is 16.3. The molecule has 18 heavy (non-hydrogen) atoms. The average molecular weight is 243 g/mol. The van der Waals surface area contributed by atoms with Crippen molar-refractivity contribution in [1.82, 2.24) is 14.5 Å². The van der Waals surface area contributed by atoms with Crippen LogP contribution in [-0.4, -0.2) is 19.6 Å². The van der Waals surface area contributed by atoms with Gasteiger partial charge in [-0.2, -0.15) is 0 Å². The van der Waals surface area contributed by atoms with E-state index in [1.54, 1.807) is 13.1 Å². The number of nitrogens with zero attached hydrogens (tertiary/aromatic N) is 3. The van der Waals surface area contributed by atoms with Gasteiger partial charge in [-0.15, -0.1) is 0 Å². The van der Waals surface area contributed by atoms with Crippen molar-refractivity contribution in [3.05, 3.63) is 41.6 Å². The van der Waals surface area contributed by atoms with E-state index in [0.29, 0.717) is 0 Å². The molecule has 0 saturated heterocycles. The summed E-state index contributed by atoms with van der Waals surface area (Å²) < 4.78 is 2.06. The molecule has 4 nitrogen and oxygen atoms in total. The second-order valence-corrected chi connectivity index (χ2v) is 4.84. The molecule has 94 valence electrons. The van der Waals surface area contributed by atoms with E-state index in [-0.39, 0.29) is 0 Å². The summed E-state index contributed by atoms with van der Waals surface area (Å²) in [6, 6.07) is 3.78. The molecule has 0 radical (unpaired) electrons. The van der Waals surface area contributed by atoms with Crippen LogP contribution in [0.25, 0.3) is 5.82 Å². The van der Waals surface area contributed by atoms with Crippen LogP contribution in [0, 0.1) is 0 Å². The highest BCUT2D eigenvalue weighted by Gasteiger charge is 2.16. The lowest BCUT2D eigenvalue weighted by molar-refractivity contribution is 0.199. The third-order valence-corrected chi connectivity index (χ3v) is 3.53. The number of rotatable bonds is 2. The lowest BCUT2D eigenvalue weighted by Gasteiger charge is -2.14. The Balaban J connectivity index is 2.04. The number of pyridine rings is 1. The molecule has 1 aliphatic carbocycles. The zero-order valence-electron chi connectivity index (χ0n) is 10.5. The van der Waals surface area contributed by atoms with Crippen molar-refractivity contribution in [2.24, 2.45) is 0 Å². The minimum atomic E-state index is -0.467. The van der Waals surface area contributed by atoms with Gasteiger partial charge < -0.3 is 5.11 Å². The third kappa shape index (κ3) is 1.93. The minimum Gasteiger partial charge on any atom is -0.389 e. The molecule has 0 aromatic carbocycles. The SMILES string of the molecule is C[C@H](O)c1ccnc(-n2cnc3c2CCCC3)c1. The quantitative estimate of drug-likeness (QED) is 0.879. The largest absolute Gasteiger partial charge is 0.389 e. The molecule has 0 amide bonds. The maximum absolute atomic E-state index is 9.63. The van der Waals surface area contributed by atoms with E-state index in [4.69, 9.17) is 0 Å². The summed E-state index contributed by atoms with van der Waals surface area (Å²) in [6.07, 6.45) is 7.71. The van der Waals surface area contributed by atoms with Gasteiger partial charge in [0.25, 0.3) is 0 Å². The fourth-order valence-corrected chi connectivity index (χ4v) is 2.49. The molecule has 2 aromatic rings. The third-order valence-electron chi connectivity index (χ3n) is 3.53. The van der Waals surface area contributed by atoms with E-state index in [1.807, 2.05) is 18.5 Å². The molecule has 0 aliphatic heterocycles. The number of fused-ring (bicyclic) bond motifs is 1. The first-order chi connectivity index (χ1) is 8.75. The molecule has 3 rings (SSSR count). The molecule has 0 unspecified atom stereocenters. The lowest BCUT2D eigenvalue weighted by Crippen LogP contribution is -2.08. The number of imidazole rings is 1. The van der Waals surface area contributed by atoms with Gasteiger partial charge in [-0.25, -0.2) is 9.97 Å². The highest BCUT2D eigenvalue weighted by molar-refractivity contribution is 5.33. The molecular formula is C14H17N3O. The summed E-state index contributed by atoms with van der Waals surface area (Å²) in [7, 11) is 0. The van der Waals surface area contributed by atoms with Crippen LogP contribution in [0.5, 0.6) is 0 Å². The number of aromatic nitrogens is 3. The summed E-state index contributed by atoms with van der Waals surface area (Å²) >= 11 is 0. The van der Waals surface area contributed by atoms with E-state index in [2.05, 4.69) is 14.5 Å². The zero-order valence-corrected chi connectivity index (χ0v) is 10.5. The maximum atomic E-state index is 9.63. The molecule has 1 atom stereocenters. The van der Waals surface area contributed by atoms with Crippen molar-refractivity contribution in [3.63, 3.8) is 0 Å². The summed E-state index contributed by atoms with van der Waals surface area (Å²) in [6.45, 7) is 1.77. The minimum absolute atomic E-state index is 0.467. The molecule has 1 aliphatic rings. The molecule has 4 heteroatoms. The Morgan fingerprint density at radius 3 is 2.94 bits per heavy atom. The highest BCUT2D eigenvalue weighted by Crippen LogP contribution is 2.23. The maximum Gasteiger partial charge on any atom is 0.138 e. The predicted octanol–water partition coefficient (Wildman–Crippen LogP) is 2.20. The summed E-state index contributed by atoms with van der Waals surface area (Å²) in [5, 5.41) is 9.63. The van der Waals surface area contributed by atoms with Gasteiger partial charge in [-0.3, -0.25) is 4.57 Å². The van der Waals surface area contributed by atoms with Crippen LogP contribution >= 0.6 is 0 Å². The number of aliphatic hydroxyl groups is 1. The van der Waals surface area contributed by atoms with Gasteiger partial charge in [0.2, 0.25) is 0 Å². The van der Waals surface area contributed by atoms with Gasteiger partial charge >= 0.3 is 0 Å². The van der Waals surface area contributed by atoms with Crippen LogP contribution in [-0.2, 0) is 12.8 Å². The predicted molar refractivity (Wildman–Crippen MR) is 68.6 cm³/mol. The van der Waals surface area contributed by atoms with E-state index < -0.39 is 6.10 Å². The number of hydrogen-bond acceptors (Lipinski definition) is 3. The number of aryl methyl sites for hydroxylation is 1. The van der Waals surface area contributed by atoms with Crippen molar-refractivity contribution in [2.75, 3.05) is 0 Å². The van der Waals surface area contributed by atoms with E-state index >= 15 is 0 Å². The summed E-state index contributed by atoms with van der Waals surface area (Å²) in [4.78, 5) is 8.85. The van der Waals surface area contributed by atoms with Crippen molar-refractivity contribution in [3.8, 4) is 5.82 Å². The zero-order chi connectivity index (χ0) is 12.5. The Kier molecular flexibility index (Phi) is 2.88. The molecule has 0 fully saturated rings. The van der Waals surface area contributed by atoms with Gasteiger partial charge in [0.15, 0.2) is 0 Å². The Bertz CT molecular complexity index is 560. The van der Waals surface area contributed by atoms with Gasteiger partial charge in [-0.05, 0) is 50.3 Å².